The van der Waals surface area contributed by atoms with Crippen LogP contribution in [-0.4, -0.2) is 22.5 Å². The summed E-state index contributed by atoms with van der Waals surface area (Å²) in [6, 6.07) is 16.0. The van der Waals surface area contributed by atoms with Crippen molar-refractivity contribution in [1.29, 1.82) is 0 Å². The molecule has 3 rings (SSSR count). The Labute approximate surface area is 183 Å². The molecular weight excluding hydrogens is 388 g/mol. The van der Waals surface area contributed by atoms with Gasteiger partial charge in [-0.1, -0.05) is 55.8 Å². The van der Waals surface area contributed by atoms with E-state index in [4.69, 9.17) is 10.5 Å². The number of anilines is 2. The number of carbonyl (C=O) groups excluding carboxylic acids is 1. The Hall–Kier alpha value is -3.41. The SMILES string of the molecule is CCCCc1ncc(C(=O)OCC)c(NC(C)c2ccc(-c3ccccc3N)cc2)n1. The number of carbonyl (C=O) groups is 1. The second-order valence-corrected chi connectivity index (χ2v) is 7.45. The molecule has 6 nitrogen and oxygen atoms in total. The van der Waals surface area contributed by atoms with Crippen molar-refractivity contribution < 1.29 is 9.53 Å². The molecule has 0 radical (unpaired) electrons. The third kappa shape index (κ3) is 5.60. The van der Waals surface area contributed by atoms with Crippen LogP contribution < -0.4 is 11.1 Å². The number of aryl methyl sites for hydroxylation is 1. The number of benzene rings is 2. The molecule has 0 aliphatic heterocycles. The number of hydrogen-bond acceptors (Lipinski definition) is 6. The number of ether oxygens (including phenoxy) is 1. The fourth-order valence-electron chi connectivity index (χ4n) is 3.34. The van der Waals surface area contributed by atoms with Crippen molar-refractivity contribution in [3.63, 3.8) is 0 Å². The summed E-state index contributed by atoms with van der Waals surface area (Å²) in [5.74, 6) is 0.803. The lowest BCUT2D eigenvalue weighted by atomic mass is 10.00. The molecule has 0 spiro atoms. The molecule has 6 heteroatoms. The molecule has 0 aliphatic carbocycles. The molecular formula is C25H30N4O2. The van der Waals surface area contributed by atoms with Crippen molar-refractivity contribution in [2.75, 3.05) is 17.7 Å². The molecule has 0 bridgehead atoms. The topological polar surface area (TPSA) is 90.1 Å². The third-order valence-electron chi connectivity index (χ3n) is 5.12. The maximum atomic E-state index is 12.4. The molecule has 2 aromatic carbocycles. The van der Waals surface area contributed by atoms with E-state index in [0.29, 0.717) is 18.0 Å². The Balaban J connectivity index is 1.83. The number of rotatable bonds is 9. The first-order valence-corrected chi connectivity index (χ1v) is 10.8. The lowest BCUT2D eigenvalue weighted by Crippen LogP contribution is -2.16. The van der Waals surface area contributed by atoms with E-state index in [9.17, 15) is 4.79 Å². The van der Waals surface area contributed by atoms with Gasteiger partial charge in [-0.3, -0.25) is 0 Å². The highest BCUT2D eigenvalue weighted by atomic mass is 16.5. The Kier molecular flexibility index (Phi) is 7.60. The summed E-state index contributed by atoms with van der Waals surface area (Å²) in [6.45, 7) is 6.25. The van der Waals surface area contributed by atoms with E-state index >= 15 is 0 Å². The van der Waals surface area contributed by atoms with Crippen molar-refractivity contribution in [2.45, 2.75) is 46.1 Å². The first-order chi connectivity index (χ1) is 15.0. The van der Waals surface area contributed by atoms with Crippen LogP contribution >= 0.6 is 0 Å². The van der Waals surface area contributed by atoms with Gasteiger partial charge in [0.05, 0.1) is 6.61 Å². The summed E-state index contributed by atoms with van der Waals surface area (Å²) in [4.78, 5) is 21.4. The van der Waals surface area contributed by atoms with Gasteiger partial charge in [0.1, 0.15) is 17.2 Å². The summed E-state index contributed by atoms with van der Waals surface area (Å²) in [5, 5.41) is 3.38. The van der Waals surface area contributed by atoms with Crippen molar-refractivity contribution in [3.8, 4) is 11.1 Å². The highest BCUT2D eigenvalue weighted by Gasteiger charge is 2.18. The Bertz CT molecular complexity index is 1020. The van der Waals surface area contributed by atoms with Crippen LogP contribution in [0.15, 0.2) is 54.7 Å². The largest absolute Gasteiger partial charge is 0.462 e. The van der Waals surface area contributed by atoms with Crippen LogP contribution in [0.2, 0.25) is 0 Å². The van der Waals surface area contributed by atoms with Gasteiger partial charge in [-0.25, -0.2) is 14.8 Å². The number of esters is 1. The van der Waals surface area contributed by atoms with Crippen LogP contribution in [0.25, 0.3) is 11.1 Å². The van der Waals surface area contributed by atoms with Gasteiger partial charge in [0.2, 0.25) is 0 Å². The number of nitrogen functional groups attached to an aromatic ring is 1. The number of unbranched alkanes of at least 4 members (excludes halogenated alkanes) is 1. The maximum absolute atomic E-state index is 12.4. The Morgan fingerprint density at radius 2 is 1.87 bits per heavy atom. The van der Waals surface area contributed by atoms with Gasteiger partial charge in [0.15, 0.2) is 0 Å². The number of nitrogens with two attached hydrogens (primary N) is 1. The Morgan fingerprint density at radius 3 is 2.55 bits per heavy atom. The molecule has 3 aromatic rings. The van der Waals surface area contributed by atoms with Gasteiger partial charge in [-0.15, -0.1) is 0 Å². The minimum Gasteiger partial charge on any atom is -0.462 e. The summed E-state index contributed by atoms with van der Waals surface area (Å²) in [7, 11) is 0. The van der Waals surface area contributed by atoms with E-state index in [-0.39, 0.29) is 6.04 Å². The summed E-state index contributed by atoms with van der Waals surface area (Å²) in [6.07, 6.45) is 4.39. The molecule has 1 atom stereocenters. The summed E-state index contributed by atoms with van der Waals surface area (Å²) < 4.78 is 5.18. The van der Waals surface area contributed by atoms with Crippen LogP contribution in [0, 0.1) is 0 Å². The third-order valence-corrected chi connectivity index (χ3v) is 5.12. The average molecular weight is 419 g/mol. The van der Waals surface area contributed by atoms with Crippen LogP contribution in [0.1, 0.15) is 61.4 Å². The average Bonchev–Trinajstić information content (AvgIpc) is 2.78. The molecule has 1 unspecified atom stereocenters. The molecule has 0 amide bonds. The molecule has 1 heterocycles. The van der Waals surface area contributed by atoms with Gasteiger partial charge < -0.3 is 15.8 Å². The molecule has 0 fully saturated rings. The zero-order valence-electron chi connectivity index (χ0n) is 18.4. The zero-order valence-corrected chi connectivity index (χ0v) is 18.4. The normalized spacial score (nSPS) is 11.7. The van der Waals surface area contributed by atoms with Crippen LogP contribution in [0.5, 0.6) is 0 Å². The Morgan fingerprint density at radius 1 is 1.13 bits per heavy atom. The van der Waals surface area contributed by atoms with E-state index in [2.05, 4.69) is 46.5 Å². The minimum atomic E-state index is -0.422. The quantitative estimate of drug-likeness (QED) is 0.356. The van der Waals surface area contributed by atoms with Gasteiger partial charge in [-0.2, -0.15) is 0 Å². The van der Waals surface area contributed by atoms with Gasteiger partial charge in [-0.05, 0) is 37.5 Å². The lowest BCUT2D eigenvalue weighted by Gasteiger charge is -2.18. The van der Waals surface area contributed by atoms with Gasteiger partial charge in [0, 0.05) is 29.9 Å². The standard InChI is InChI=1S/C25H30N4O2/c1-4-6-11-23-27-16-21(25(30)31-5-2)24(29-23)28-17(3)18-12-14-19(15-13-18)20-9-7-8-10-22(20)26/h7-10,12-17H,4-6,11,26H2,1-3H3,(H,27,28,29). The van der Waals surface area contributed by atoms with E-state index in [1.54, 1.807) is 13.1 Å². The second-order valence-electron chi connectivity index (χ2n) is 7.45. The minimum absolute atomic E-state index is 0.0655. The summed E-state index contributed by atoms with van der Waals surface area (Å²) >= 11 is 0. The van der Waals surface area contributed by atoms with Crippen molar-refractivity contribution in [1.82, 2.24) is 9.97 Å². The van der Waals surface area contributed by atoms with E-state index < -0.39 is 5.97 Å². The van der Waals surface area contributed by atoms with E-state index in [1.165, 1.54) is 0 Å². The number of nitrogens with zero attached hydrogens (tertiary/aromatic N) is 2. The number of aromatic nitrogens is 2. The molecule has 3 N–H and O–H groups in total. The van der Waals surface area contributed by atoms with Crippen molar-refractivity contribution in [3.05, 3.63) is 71.7 Å². The fourth-order valence-corrected chi connectivity index (χ4v) is 3.34. The highest BCUT2D eigenvalue weighted by molar-refractivity contribution is 5.94. The molecule has 0 saturated heterocycles. The van der Waals surface area contributed by atoms with Gasteiger partial charge in [0.25, 0.3) is 0 Å². The fraction of sp³-hybridized carbons (Fsp3) is 0.320. The molecule has 0 aliphatic rings. The van der Waals surface area contributed by atoms with Crippen LogP contribution in [0.4, 0.5) is 11.5 Å². The predicted molar refractivity (Wildman–Crippen MR) is 125 cm³/mol. The molecule has 0 saturated carbocycles. The van der Waals surface area contributed by atoms with E-state index in [1.807, 2.05) is 31.2 Å². The van der Waals surface area contributed by atoms with Crippen LogP contribution in [-0.2, 0) is 11.2 Å². The highest BCUT2D eigenvalue weighted by Crippen LogP contribution is 2.28. The second kappa shape index (κ2) is 10.6. The zero-order chi connectivity index (χ0) is 22.2. The number of hydrogen-bond donors (Lipinski definition) is 2. The van der Waals surface area contributed by atoms with Crippen molar-refractivity contribution in [2.24, 2.45) is 0 Å². The molecule has 1 aromatic heterocycles. The molecule has 31 heavy (non-hydrogen) atoms. The summed E-state index contributed by atoms with van der Waals surface area (Å²) in [5.41, 5.74) is 10.3. The molecule has 162 valence electrons. The number of nitrogens with one attached hydrogen (secondary N) is 1. The smallest absolute Gasteiger partial charge is 0.343 e. The first kappa shape index (κ1) is 22.3. The maximum Gasteiger partial charge on any atom is 0.343 e. The van der Waals surface area contributed by atoms with E-state index in [0.717, 1.165) is 47.5 Å². The number of para-hydroxylation sites is 1. The predicted octanol–water partition coefficient (Wildman–Crippen LogP) is 5.42. The monoisotopic (exact) mass is 418 g/mol. The van der Waals surface area contributed by atoms with Crippen LogP contribution in [0.3, 0.4) is 0 Å². The first-order valence-electron chi connectivity index (χ1n) is 10.8. The van der Waals surface area contributed by atoms with Crippen molar-refractivity contribution >= 4 is 17.5 Å². The van der Waals surface area contributed by atoms with Gasteiger partial charge >= 0.3 is 5.97 Å². The lowest BCUT2D eigenvalue weighted by molar-refractivity contribution is 0.0526.